The fourth-order valence-corrected chi connectivity index (χ4v) is 2.72. The van der Waals surface area contributed by atoms with Gasteiger partial charge in [-0.1, -0.05) is 54.6 Å². The third kappa shape index (κ3) is 3.53. The Kier molecular flexibility index (Phi) is 4.80. The average molecular weight is 331 g/mol. The minimum Gasteiger partial charge on any atom is -0.283 e. The molecule has 0 aliphatic carbocycles. The van der Waals surface area contributed by atoms with Crippen molar-refractivity contribution in [2.24, 2.45) is 12.0 Å². The summed E-state index contributed by atoms with van der Waals surface area (Å²) in [5.41, 5.74) is 4.11. The van der Waals surface area contributed by atoms with Crippen LogP contribution in [0, 0.1) is 6.92 Å². The van der Waals surface area contributed by atoms with Gasteiger partial charge in [0.1, 0.15) is 0 Å². The van der Waals surface area contributed by atoms with Crippen LogP contribution in [0.5, 0.6) is 0 Å². The number of rotatable bonds is 4. The molecule has 25 heavy (non-hydrogen) atoms. The van der Waals surface area contributed by atoms with E-state index in [1.54, 1.807) is 10.9 Å². The monoisotopic (exact) mass is 331 g/mol. The molecule has 0 atom stereocenters. The topological polar surface area (TPSA) is 39.3 Å². The van der Waals surface area contributed by atoms with E-state index in [0.717, 1.165) is 22.5 Å². The zero-order valence-corrected chi connectivity index (χ0v) is 14.7. The quantitative estimate of drug-likeness (QED) is 0.657. The van der Waals surface area contributed by atoms with Gasteiger partial charge in [0, 0.05) is 13.3 Å². The van der Waals surface area contributed by atoms with Crippen LogP contribution in [0.4, 0.5) is 5.69 Å². The van der Waals surface area contributed by atoms with Gasteiger partial charge in [0.05, 0.1) is 11.4 Å². The molecule has 3 aromatic rings. The van der Waals surface area contributed by atoms with E-state index in [9.17, 15) is 4.79 Å². The highest BCUT2D eigenvalue weighted by Gasteiger charge is 2.14. The first-order valence-electron chi connectivity index (χ1n) is 8.19. The molecule has 0 aliphatic rings. The van der Waals surface area contributed by atoms with Crippen LogP contribution >= 0.6 is 0 Å². The van der Waals surface area contributed by atoms with Crippen LogP contribution in [0.2, 0.25) is 0 Å². The molecule has 2 aromatic carbocycles. The van der Waals surface area contributed by atoms with Gasteiger partial charge >= 0.3 is 0 Å². The maximum Gasteiger partial charge on any atom is 0.297 e. The van der Waals surface area contributed by atoms with Crippen LogP contribution in [0.25, 0.3) is 11.8 Å². The van der Waals surface area contributed by atoms with E-state index >= 15 is 0 Å². The van der Waals surface area contributed by atoms with Crippen molar-refractivity contribution in [2.45, 2.75) is 13.8 Å². The lowest BCUT2D eigenvalue weighted by Gasteiger charge is -2.07. The van der Waals surface area contributed by atoms with Gasteiger partial charge in [0.25, 0.3) is 5.56 Å². The SMILES string of the molecule is CC(C=Nc1c(C)n(C)n(-c2ccccc2)c1=O)=Cc1ccccc1. The lowest BCUT2D eigenvalue weighted by Crippen LogP contribution is -2.19. The van der Waals surface area contributed by atoms with E-state index in [4.69, 9.17) is 0 Å². The molecule has 0 aliphatic heterocycles. The Balaban J connectivity index is 1.96. The third-order valence-electron chi connectivity index (χ3n) is 4.12. The molecule has 0 spiro atoms. The smallest absolute Gasteiger partial charge is 0.283 e. The summed E-state index contributed by atoms with van der Waals surface area (Å²) in [6.07, 6.45) is 3.78. The van der Waals surface area contributed by atoms with Crippen LogP contribution in [0.15, 0.2) is 76.0 Å². The molecule has 0 bridgehead atoms. The predicted molar refractivity (Wildman–Crippen MR) is 104 cm³/mol. The van der Waals surface area contributed by atoms with Crippen molar-refractivity contribution < 1.29 is 0 Å². The fraction of sp³-hybridized carbons (Fsp3) is 0.143. The molecule has 0 radical (unpaired) electrons. The van der Waals surface area contributed by atoms with Crippen molar-refractivity contribution >= 4 is 18.0 Å². The van der Waals surface area contributed by atoms with Crippen molar-refractivity contribution in [3.63, 3.8) is 0 Å². The summed E-state index contributed by atoms with van der Waals surface area (Å²) in [7, 11) is 1.87. The zero-order chi connectivity index (χ0) is 17.8. The summed E-state index contributed by atoms with van der Waals surface area (Å²) in [6, 6.07) is 19.6. The second-order valence-corrected chi connectivity index (χ2v) is 5.97. The van der Waals surface area contributed by atoms with Crippen LogP contribution in [0.1, 0.15) is 18.2 Å². The number of hydrogen-bond acceptors (Lipinski definition) is 2. The Labute approximate surface area is 147 Å². The zero-order valence-electron chi connectivity index (χ0n) is 14.7. The van der Waals surface area contributed by atoms with E-state index in [1.807, 2.05) is 92.3 Å². The Hall–Kier alpha value is -3.14. The fourth-order valence-electron chi connectivity index (χ4n) is 2.72. The molecule has 0 amide bonds. The summed E-state index contributed by atoms with van der Waals surface area (Å²) in [6.45, 7) is 3.88. The van der Waals surface area contributed by atoms with Crippen molar-refractivity contribution in [1.82, 2.24) is 9.36 Å². The number of hydrogen-bond donors (Lipinski definition) is 0. The van der Waals surface area contributed by atoms with E-state index < -0.39 is 0 Å². The minimum atomic E-state index is -0.116. The lowest BCUT2D eigenvalue weighted by molar-refractivity contribution is 0.630. The summed E-state index contributed by atoms with van der Waals surface area (Å²) in [5.74, 6) is 0. The van der Waals surface area contributed by atoms with Gasteiger partial charge in [0.15, 0.2) is 5.69 Å². The molecule has 0 saturated heterocycles. The van der Waals surface area contributed by atoms with Crippen LogP contribution in [0.3, 0.4) is 0 Å². The molecule has 1 heterocycles. The number of allylic oxidation sites excluding steroid dienone is 1. The minimum absolute atomic E-state index is 0.116. The molecule has 0 N–H and O–H groups in total. The highest BCUT2D eigenvalue weighted by atomic mass is 16.1. The Morgan fingerprint density at radius 1 is 1.00 bits per heavy atom. The van der Waals surface area contributed by atoms with Gasteiger partial charge < -0.3 is 0 Å². The van der Waals surface area contributed by atoms with Crippen LogP contribution < -0.4 is 5.56 Å². The first kappa shape index (κ1) is 16.7. The van der Waals surface area contributed by atoms with Gasteiger partial charge in [-0.2, -0.15) is 0 Å². The van der Waals surface area contributed by atoms with Crippen molar-refractivity contribution in [3.05, 3.63) is 87.8 Å². The maximum atomic E-state index is 12.8. The number of aliphatic imine (C=N–C) groups is 1. The summed E-state index contributed by atoms with van der Waals surface area (Å²) in [5, 5.41) is 0. The molecule has 0 fully saturated rings. The second-order valence-electron chi connectivity index (χ2n) is 5.97. The molecule has 1 aromatic heterocycles. The van der Waals surface area contributed by atoms with Gasteiger partial charge in [-0.25, -0.2) is 9.67 Å². The Morgan fingerprint density at radius 2 is 1.60 bits per heavy atom. The number of nitrogens with zero attached hydrogens (tertiary/aromatic N) is 3. The van der Waals surface area contributed by atoms with E-state index in [-0.39, 0.29) is 5.56 Å². The molecule has 0 saturated carbocycles. The first-order chi connectivity index (χ1) is 12.1. The number of aromatic nitrogens is 2. The van der Waals surface area contributed by atoms with Gasteiger partial charge in [-0.05, 0) is 37.1 Å². The van der Waals surface area contributed by atoms with Crippen molar-refractivity contribution in [2.75, 3.05) is 0 Å². The predicted octanol–water partition coefficient (Wildman–Crippen LogP) is 4.29. The molecule has 0 unspecified atom stereocenters. The van der Waals surface area contributed by atoms with Crippen molar-refractivity contribution in [3.8, 4) is 5.69 Å². The normalized spacial score (nSPS) is 12.0. The Bertz CT molecular complexity index is 977. The molecular weight excluding hydrogens is 310 g/mol. The molecular formula is C21H21N3O. The molecule has 4 nitrogen and oxygen atoms in total. The largest absolute Gasteiger partial charge is 0.297 e. The molecule has 3 rings (SSSR count). The van der Waals surface area contributed by atoms with Gasteiger partial charge in [-0.3, -0.25) is 9.48 Å². The number of para-hydroxylation sites is 1. The van der Waals surface area contributed by atoms with E-state index in [2.05, 4.69) is 4.99 Å². The van der Waals surface area contributed by atoms with Crippen LogP contribution in [-0.4, -0.2) is 15.6 Å². The summed E-state index contributed by atoms with van der Waals surface area (Å²) in [4.78, 5) is 17.3. The van der Waals surface area contributed by atoms with E-state index in [1.165, 1.54) is 0 Å². The Morgan fingerprint density at radius 3 is 2.24 bits per heavy atom. The van der Waals surface area contributed by atoms with Crippen LogP contribution in [-0.2, 0) is 7.05 Å². The van der Waals surface area contributed by atoms with Gasteiger partial charge in [0.2, 0.25) is 0 Å². The third-order valence-corrected chi connectivity index (χ3v) is 4.12. The highest BCUT2D eigenvalue weighted by molar-refractivity contribution is 5.86. The standard InChI is InChI=1S/C21H21N3O/c1-16(14-18-10-6-4-7-11-18)15-22-20-17(2)23(3)24(21(20)25)19-12-8-5-9-13-19/h4-15H,1-3H3. The van der Waals surface area contributed by atoms with E-state index in [0.29, 0.717) is 5.69 Å². The molecule has 4 heteroatoms. The molecule has 126 valence electrons. The summed E-state index contributed by atoms with van der Waals surface area (Å²) >= 11 is 0. The highest BCUT2D eigenvalue weighted by Crippen LogP contribution is 2.16. The van der Waals surface area contributed by atoms with Crippen molar-refractivity contribution in [1.29, 1.82) is 0 Å². The van der Waals surface area contributed by atoms with Gasteiger partial charge in [-0.15, -0.1) is 0 Å². The average Bonchev–Trinajstić information content (AvgIpc) is 2.84. The maximum absolute atomic E-state index is 12.8. The second kappa shape index (κ2) is 7.18. The number of benzene rings is 2. The lowest BCUT2D eigenvalue weighted by atomic mass is 10.1. The first-order valence-corrected chi connectivity index (χ1v) is 8.19. The summed E-state index contributed by atoms with van der Waals surface area (Å²) < 4.78 is 3.47.